The lowest BCUT2D eigenvalue weighted by Gasteiger charge is -2.10. The SMILES string of the molecule is c1ccc(-c2ccc(-n3c4ccc(-c5nc(-c6ccccc6)nc(-c6ccccc6)n5)cc4c4c5c(ccc6nc(-c7ccccc7)oc65)ccc43)cc2)cc1. The molecule has 56 heavy (non-hydrogen) atoms. The van der Waals surface area contributed by atoms with Gasteiger partial charge in [-0.3, -0.25) is 0 Å². The highest BCUT2D eigenvalue weighted by molar-refractivity contribution is 6.27. The minimum atomic E-state index is 0.595. The predicted molar refractivity (Wildman–Crippen MR) is 226 cm³/mol. The Morgan fingerprint density at radius 3 is 1.50 bits per heavy atom. The first kappa shape index (κ1) is 31.8. The molecule has 0 spiro atoms. The first-order valence-electron chi connectivity index (χ1n) is 18.6. The van der Waals surface area contributed by atoms with E-state index in [2.05, 4.69) is 89.5 Å². The zero-order valence-corrected chi connectivity index (χ0v) is 30.0. The molecule has 0 saturated heterocycles. The molecule has 0 bridgehead atoms. The second kappa shape index (κ2) is 13.0. The Labute approximate surface area is 322 Å². The number of rotatable bonds is 6. The highest BCUT2D eigenvalue weighted by atomic mass is 16.3. The van der Waals surface area contributed by atoms with Crippen LogP contribution in [0, 0.1) is 0 Å². The number of hydrogen-bond donors (Lipinski definition) is 0. The van der Waals surface area contributed by atoms with E-state index in [0.717, 1.165) is 77.2 Å². The molecule has 11 aromatic rings. The highest BCUT2D eigenvalue weighted by Gasteiger charge is 2.21. The molecule has 262 valence electrons. The molecular weight excluding hydrogens is 687 g/mol. The third-order valence-corrected chi connectivity index (χ3v) is 10.5. The van der Waals surface area contributed by atoms with Crippen LogP contribution in [0.2, 0.25) is 0 Å². The Morgan fingerprint density at radius 1 is 0.375 bits per heavy atom. The lowest BCUT2D eigenvalue weighted by atomic mass is 10.0. The summed E-state index contributed by atoms with van der Waals surface area (Å²) in [6.07, 6.45) is 0. The molecule has 8 aromatic carbocycles. The average Bonchev–Trinajstić information content (AvgIpc) is 3.87. The van der Waals surface area contributed by atoms with Crippen LogP contribution in [0.25, 0.3) is 106 Å². The van der Waals surface area contributed by atoms with Crippen LogP contribution in [0.5, 0.6) is 0 Å². The topological polar surface area (TPSA) is 69.6 Å². The van der Waals surface area contributed by atoms with Crippen molar-refractivity contribution in [3.63, 3.8) is 0 Å². The Hall–Kier alpha value is -7.70. The number of nitrogens with zero attached hydrogens (tertiary/aromatic N) is 5. The summed E-state index contributed by atoms with van der Waals surface area (Å²) in [5.74, 6) is 2.44. The fourth-order valence-corrected chi connectivity index (χ4v) is 7.80. The van der Waals surface area contributed by atoms with Crippen LogP contribution in [0.15, 0.2) is 192 Å². The molecule has 0 unspecified atom stereocenters. The Kier molecular flexibility index (Phi) is 7.38. The lowest BCUT2D eigenvalue weighted by Crippen LogP contribution is -2.00. The fourth-order valence-electron chi connectivity index (χ4n) is 7.80. The molecule has 3 heterocycles. The summed E-state index contributed by atoms with van der Waals surface area (Å²) in [5, 5.41) is 4.22. The number of fused-ring (bicyclic) bond motifs is 7. The van der Waals surface area contributed by atoms with Crippen LogP contribution in [-0.2, 0) is 0 Å². The van der Waals surface area contributed by atoms with E-state index >= 15 is 0 Å². The van der Waals surface area contributed by atoms with Crippen molar-refractivity contribution in [1.29, 1.82) is 0 Å². The standard InChI is InChI=1S/C50H31N5O/c1-5-13-32(14-6-1)33-21-26-39(27-22-33)55-42-29-25-38(49-53-47(35-15-7-2-8-16-35)52-48(54-49)36-17-9-3-10-18-36)31-40(42)45-43(55)30-24-34-23-28-41-46(44(34)45)56-50(51-41)37-19-11-4-12-20-37/h1-31H. The highest BCUT2D eigenvalue weighted by Crippen LogP contribution is 2.42. The van der Waals surface area contributed by atoms with Gasteiger partial charge in [0.2, 0.25) is 5.89 Å². The van der Waals surface area contributed by atoms with E-state index < -0.39 is 0 Å². The fraction of sp³-hybridized carbons (Fsp3) is 0. The van der Waals surface area contributed by atoms with Crippen molar-refractivity contribution in [2.45, 2.75) is 0 Å². The molecule has 0 aliphatic carbocycles. The monoisotopic (exact) mass is 717 g/mol. The maximum absolute atomic E-state index is 6.70. The average molecular weight is 718 g/mol. The Balaban J connectivity index is 1.19. The van der Waals surface area contributed by atoms with Gasteiger partial charge in [-0.1, -0.05) is 133 Å². The van der Waals surface area contributed by atoms with Gasteiger partial charge >= 0.3 is 0 Å². The summed E-state index contributed by atoms with van der Waals surface area (Å²) in [4.78, 5) is 20.1. The summed E-state index contributed by atoms with van der Waals surface area (Å²) in [6.45, 7) is 0. The minimum absolute atomic E-state index is 0.595. The zero-order valence-electron chi connectivity index (χ0n) is 30.0. The van der Waals surface area contributed by atoms with Crippen molar-refractivity contribution < 1.29 is 4.42 Å². The molecule has 0 aliphatic heterocycles. The predicted octanol–water partition coefficient (Wildman–Crippen LogP) is 12.6. The van der Waals surface area contributed by atoms with Gasteiger partial charge in [0.15, 0.2) is 23.1 Å². The third-order valence-electron chi connectivity index (χ3n) is 10.5. The molecular formula is C50H31N5O. The van der Waals surface area contributed by atoms with Crippen molar-refractivity contribution in [1.82, 2.24) is 24.5 Å². The largest absolute Gasteiger partial charge is 0.435 e. The molecule has 0 atom stereocenters. The summed E-state index contributed by atoms with van der Waals surface area (Å²) >= 11 is 0. The normalized spacial score (nSPS) is 11.6. The van der Waals surface area contributed by atoms with Crippen LogP contribution in [-0.4, -0.2) is 24.5 Å². The number of aromatic nitrogens is 5. The van der Waals surface area contributed by atoms with E-state index in [4.69, 9.17) is 24.4 Å². The van der Waals surface area contributed by atoms with E-state index in [1.165, 1.54) is 5.56 Å². The quantitative estimate of drug-likeness (QED) is 0.171. The van der Waals surface area contributed by atoms with Crippen LogP contribution in [0.4, 0.5) is 0 Å². The van der Waals surface area contributed by atoms with Gasteiger partial charge in [0.25, 0.3) is 0 Å². The van der Waals surface area contributed by atoms with Gasteiger partial charge in [0, 0.05) is 44.1 Å². The Morgan fingerprint density at radius 2 is 0.875 bits per heavy atom. The van der Waals surface area contributed by atoms with E-state index in [1.54, 1.807) is 0 Å². The van der Waals surface area contributed by atoms with Crippen molar-refractivity contribution in [3.8, 4) is 62.4 Å². The number of oxazole rings is 1. The maximum Gasteiger partial charge on any atom is 0.227 e. The van der Waals surface area contributed by atoms with Gasteiger partial charge in [-0.2, -0.15) is 0 Å². The second-order valence-electron chi connectivity index (χ2n) is 13.9. The summed E-state index contributed by atoms with van der Waals surface area (Å²) in [7, 11) is 0. The molecule has 3 aromatic heterocycles. The smallest absolute Gasteiger partial charge is 0.227 e. The molecule has 11 rings (SSSR count). The van der Waals surface area contributed by atoms with Crippen molar-refractivity contribution in [3.05, 3.63) is 188 Å². The van der Waals surface area contributed by atoms with Gasteiger partial charge in [-0.05, 0) is 71.1 Å². The molecule has 0 N–H and O–H groups in total. The molecule has 0 saturated carbocycles. The first-order valence-corrected chi connectivity index (χ1v) is 18.6. The second-order valence-corrected chi connectivity index (χ2v) is 13.9. The van der Waals surface area contributed by atoms with Crippen molar-refractivity contribution in [2.75, 3.05) is 0 Å². The number of hydrogen-bond acceptors (Lipinski definition) is 5. The van der Waals surface area contributed by atoms with Gasteiger partial charge in [0.1, 0.15) is 5.52 Å². The van der Waals surface area contributed by atoms with Gasteiger partial charge < -0.3 is 8.98 Å². The third kappa shape index (κ3) is 5.35. The van der Waals surface area contributed by atoms with E-state index in [-0.39, 0.29) is 0 Å². The van der Waals surface area contributed by atoms with Gasteiger partial charge in [-0.25, -0.2) is 19.9 Å². The van der Waals surface area contributed by atoms with E-state index in [0.29, 0.717) is 23.4 Å². The first-order chi connectivity index (χ1) is 27.7. The van der Waals surface area contributed by atoms with Gasteiger partial charge in [-0.15, -0.1) is 0 Å². The lowest BCUT2D eigenvalue weighted by molar-refractivity contribution is 0.623. The zero-order chi connectivity index (χ0) is 37.0. The van der Waals surface area contributed by atoms with Crippen LogP contribution >= 0.6 is 0 Å². The summed E-state index contributed by atoms with van der Waals surface area (Å²) in [6, 6.07) is 64.6. The van der Waals surface area contributed by atoms with Gasteiger partial charge in [0.05, 0.1) is 11.0 Å². The van der Waals surface area contributed by atoms with Crippen molar-refractivity contribution >= 4 is 43.7 Å². The number of benzene rings is 8. The minimum Gasteiger partial charge on any atom is -0.435 e. The molecule has 0 radical (unpaired) electrons. The van der Waals surface area contributed by atoms with Crippen LogP contribution in [0.1, 0.15) is 0 Å². The van der Waals surface area contributed by atoms with E-state index in [1.807, 2.05) is 103 Å². The van der Waals surface area contributed by atoms with Crippen LogP contribution < -0.4 is 0 Å². The molecule has 0 aliphatic rings. The Bertz CT molecular complexity index is 3150. The maximum atomic E-state index is 6.70. The summed E-state index contributed by atoms with van der Waals surface area (Å²) in [5.41, 5.74) is 10.8. The molecule has 6 nitrogen and oxygen atoms in total. The van der Waals surface area contributed by atoms with Crippen LogP contribution in [0.3, 0.4) is 0 Å². The molecule has 0 fully saturated rings. The molecule has 6 heteroatoms. The van der Waals surface area contributed by atoms with E-state index in [9.17, 15) is 0 Å². The molecule has 0 amide bonds. The van der Waals surface area contributed by atoms with Crippen molar-refractivity contribution in [2.24, 2.45) is 0 Å². The summed E-state index contributed by atoms with van der Waals surface area (Å²) < 4.78 is 9.04.